The van der Waals surface area contributed by atoms with E-state index < -0.39 is 0 Å². The van der Waals surface area contributed by atoms with E-state index in [1.54, 1.807) is 12.1 Å². The number of aliphatic hydroxyl groups is 1. The molecule has 0 saturated carbocycles. The lowest BCUT2D eigenvalue weighted by Crippen LogP contribution is -2.14. The number of nitrogens with one attached hydrogen (secondary N) is 1. The fraction of sp³-hybridized carbons (Fsp3) is 0.235. The first-order chi connectivity index (χ1) is 9.70. The molecular weight excluding hydrogens is 250 g/mol. The molecule has 20 heavy (non-hydrogen) atoms. The number of carbonyl (C=O) groups is 1. The molecule has 0 fully saturated rings. The van der Waals surface area contributed by atoms with Gasteiger partial charge < -0.3 is 10.4 Å². The molecule has 104 valence electrons. The number of aryl methyl sites for hydroxylation is 2. The Balaban J connectivity index is 1.95. The third kappa shape index (κ3) is 3.68. The molecule has 1 amide bonds. The molecule has 2 aromatic rings. The van der Waals surface area contributed by atoms with Gasteiger partial charge in [0.25, 0.3) is 0 Å². The van der Waals surface area contributed by atoms with Gasteiger partial charge in [0, 0.05) is 17.7 Å². The second-order valence-corrected chi connectivity index (χ2v) is 4.79. The summed E-state index contributed by atoms with van der Waals surface area (Å²) in [6.45, 7) is 1.97. The smallest absolute Gasteiger partial charge is 0.224 e. The number of carbonyl (C=O) groups excluding carboxylic acids is 1. The highest BCUT2D eigenvalue weighted by atomic mass is 16.3. The Kier molecular flexibility index (Phi) is 4.91. The lowest BCUT2D eigenvalue weighted by atomic mass is 10.0. The predicted molar refractivity (Wildman–Crippen MR) is 80.5 cm³/mol. The van der Waals surface area contributed by atoms with Crippen molar-refractivity contribution in [1.82, 2.24) is 0 Å². The molecule has 0 unspecified atom stereocenters. The van der Waals surface area contributed by atoms with Crippen molar-refractivity contribution in [2.24, 2.45) is 0 Å². The molecule has 0 aliphatic carbocycles. The third-order valence-electron chi connectivity index (χ3n) is 3.34. The van der Waals surface area contributed by atoms with Gasteiger partial charge in [-0.05, 0) is 30.5 Å². The molecule has 0 heterocycles. The van der Waals surface area contributed by atoms with Crippen LogP contribution in [0.3, 0.4) is 0 Å². The van der Waals surface area contributed by atoms with Crippen LogP contribution < -0.4 is 5.32 Å². The number of hydrogen-bond acceptors (Lipinski definition) is 2. The number of anilines is 1. The van der Waals surface area contributed by atoms with Gasteiger partial charge in [-0.3, -0.25) is 4.79 Å². The molecule has 0 bridgehead atoms. The molecule has 0 radical (unpaired) electrons. The average molecular weight is 269 g/mol. The summed E-state index contributed by atoms with van der Waals surface area (Å²) in [5, 5.41) is 12.1. The van der Waals surface area contributed by atoms with E-state index in [4.69, 9.17) is 0 Å². The molecule has 0 aromatic heterocycles. The van der Waals surface area contributed by atoms with Crippen molar-refractivity contribution in [3.63, 3.8) is 0 Å². The van der Waals surface area contributed by atoms with E-state index in [0.717, 1.165) is 12.0 Å². The van der Waals surface area contributed by atoms with Crippen molar-refractivity contribution in [2.45, 2.75) is 26.4 Å². The largest absolute Gasteiger partial charge is 0.392 e. The summed E-state index contributed by atoms with van der Waals surface area (Å²) in [6, 6.07) is 15.4. The van der Waals surface area contributed by atoms with Gasteiger partial charge >= 0.3 is 0 Å². The predicted octanol–water partition coefficient (Wildman–Crippen LogP) is 3.06. The molecule has 2 aromatic carbocycles. The zero-order valence-electron chi connectivity index (χ0n) is 11.6. The molecule has 0 aliphatic heterocycles. The summed E-state index contributed by atoms with van der Waals surface area (Å²) in [6.07, 6.45) is 1.16. The summed E-state index contributed by atoms with van der Waals surface area (Å²) in [4.78, 5) is 12.0. The molecule has 0 saturated heterocycles. The number of para-hydroxylation sites is 1. The van der Waals surface area contributed by atoms with Crippen molar-refractivity contribution in [3.05, 3.63) is 65.2 Å². The Morgan fingerprint density at radius 3 is 2.40 bits per heavy atom. The van der Waals surface area contributed by atoms with Gasteiger partial charge in [-0.15, -0.1) is 0 Å². The minimum absolute atomic E-state index is 0.0332. The lowest BCUT2D eigenvalue weighted by molar-refractivity contribution is -0.116. The van der Waals surface area contributed by atoms with Gasteiger partial charge in [-0.2, -0.15) is 0 Å². The van der Waals surface area contributed by atoms with Crippen LogP contribution in [0.4, 0.5) is 5.69 Å². The highest BCUT2D eigenvalue weighted by Crippen LogP contribution is 2.16. The van der Waals surface area contributed by atoms with E-state index >= 15 is 0 Å². The molecular formula is C17H19NO2. The van der Waals surface area contributed by atoms with Crippen LogP contribution >= 0.6 is 0 Å². The molecule has 0 spiro atoms. The van der Waals surface area contributed by atoms with Gasteiger partial charge in [0.2, 0.25) is 5.91 Å². The van der Waals surface area contributed by atoms with Crippen LogP contribution in [0.5, 0.6) is 0 Å². The highest BCUT2D eigenvalue weighted by molar-refractivity contribution is 5.91. The number of amides is 1. The minimum Gasteiger partial charge on any atom is -0.392 e. The van der Waals surface area contributed by atoms with Crippen LogP contribution in [0.15, 0.2) is 48.5 Å². The van der Waals surface area contributed by atoms with Gasteiger partial charge in [0.1, 0.15) is 0 Å². The maximum absolute atomic E-state index is 12.0. The van der Waals surface area contributed by atoms with Crippen LogP contribution in [0.1, 0.15) is 23.1 Å². The van der Waals surface area contributed by atoms with E-state index in [-0.39, 0.29) is 12.5 Å². The summed E-state index contributed by atoms with van der Waals surface area (Å²) in [7, 11) is 0. The van der Waals surface area contributed by atoms with Gasteiger partial charge in [0.05, 0.1) is 6.61 Å². The number of rotatable bonds is 5. The van der Waals surface area contributed by atoms with Gasteiger partial charge in [-0.25, -0.2) is 0 Å². The van der Waals surface area contributed by atoms with Crippen molar-refractivity contribution in [3.8, 4) is 0 Å². The fourth-order valence-corrected chi connectivity index (χ4v) is 2.13. The van der Waals surface area contributed by atoms with E-state index in [1.165, 1.54) is 11.1 Å². The average Bonchev–Trinajstić information content (AvgIpc) is 2.47. The normalized spacial score (nSPS) is 10.3. The van der Waals surface area contributed by atoms with E-state index in [1.807, 2.05) is 43.3 Å². The molecule has 3 nitrogen and oxygen atoms in total. The van der Waals surface area contributed by atoms with Crippen LogP contribution in [0.2, 0.25) is 0 Å². The summed E-state index contributed by atoms with van der Waals surface area (Å²) in [5.74, 6) is -0.0332. The van der Waals surface area contributed by atoms with Crippen molar-refractivity contribution < 1.29 is 9.90 Å². The van der Waals surface area contributed by atoms with Crippen molar-refractivity contribution >= 4 is 11.6 Å². The molecule has 2 N–H and O–H groups in total. The molecule has 2 rings (SSSR count). The van der Waals surface area contributed by atoms with E-state index in [9.17, 15) is 9.90 Å². The first kappa shape index (κ1) is 14.3. The Bertz CT molecular complexity index is 593. The number of benzene rings is 2. The maximum Gasteiger partial charge on any atom is 0.224 e. The van der Waals surface area contributed by atoms with Crippen molar-refractivity contribution in [1.29, 1.82) is 0 Å². The summed E-state index contributed by atoms with van der Waals surface area (Å²) >= 11 is 0. The molecule has 3 heteroatoms. The second-order valence-electron chi connectivity index (χ2n) is 4.79. The first-order valence-electron chi connectivity index (χ1n) is 6.74. The van der Waals surface area contributed by atoms with Crippen LogP contribution in [-0.4, -0.2) is 11.0 Å². The topological polar surface area (TPSA) is 49.3 Å². The monoisotopic (exact) mass is 269 g/mol. The SMILES string of the molecule is Cc1ccccc1CCC(=O)Nc1ccccc1CO. The first-order valence-corrected chi connectivity index (χ1v) is 6.74. The highest BCUT2D eigenvalue weighted by Gasteiger charge is 2.07. The van der Waals surface area contributed by atoms with Crippen LogP contribution in [0.25, 0.3) is 0 Å². The second kappa shape index (κ2) is 6.87. The Morgan fingerprint density at radius 1 is 1.05 bits per heavy atom. The number of aliphatic hydroxyl groups excluding tert-OH is 1. The maximum atomic E-state index is 12.0. The van der Waals surface area contributed by atoms with E-state index in [2.05, 4.69) is 5.32 Å². The zero-order chi connectivity index (χ0) is 14.4. The lowest BCUT2D eigenvalue weighted by Gasteiger charge is -2.10. The quantitative estimate of drug-likeness (QED) is 0.876. The Labute approximate surface area is 119 Å². The molecule has 0 aliphatic rings. The zero-order valence-corrected chi connectivity index (χ0v) is 11.6. The third-order valence-corrected chi connectivity index (χ3v) is 3.34. The Morgan fingerprint density at radius 2 is 1.70 bits per heavy atom. The standard InChI is InChI=1S/C17H19NO2/c1-13-6-2-3-7-14(13)10-11-17(20)18-16-9-5-4-8-15(16)12-19/h2-9,19H,10-12H2,1H3,(H,18,20). The van der Waals surface area contributed by atoms with Crippen molar-refractivity contribution in [2.75, 3.05) is 5.32 Å². The number of hydrogen-bond donors (Lipinski definition) is 2. The van der Waals surface area contributed by atoms with Gasteiger partial charge in [0.15, 0.2) is 0 Å². The Hall–Kier alpha value is -2.13. The fourth-order valence-electron chi connectivity index (χ4n) is 2.13. The summed E-state index contributed by atoms with van der Waals surface area (Å²) in [5.41, 5.74) is 3.82. The van der Waals surface area contributed by atoms with Crippen LogP contribution in [0, 0.1) is 6.92 Å². The molecule has 0 atom stereocenters. The minimum atomic E-state index is -0.0752. The van der Waals surface area contributed by atoms with Crippen LogP contribution in [-0.2, 0) is 17.8 Å². The van der Waals surface area contributed by atoms with E-state index in [0.29, 0.717) is 12.1 Å². The summed E-state index contributed by atoms with van der Waals surface area (Å²) < 4.78 is 0. The van der Waals surface area contributed by atoms with Gasteiger partial charge in [-0.1, -0.05) is 42.5 Å².